The zero-order valence-corrected chi connectivity index (χ0v) is 14.8. The maximum Gasteiger partial charge on any atom is 0.305 e. The predicted octanol–water partition coefficient (Wildman–Crippen LogP) is 3.55. The van der Waals surface area contributed by atoms with Gasteiger partial charge in [0, 0.05) is 16.6 Å². The van der Waals surface area contributed by atoms with E-state index in [0.717, 1.165) is 15.6 Å². The summed E-state index contributed by atoms with van der Waals surface area (Å²) < 4.78 is 0.948. The molecule has 0 aliphatic carbocycles. The standard InChI is InChI=1S/C19H15BrN2O3/c20-15-8-6-13(7-9-15)12-16-19(25)22(11-10-17(23)24)18(21-16)14-4-2-1-3-5-14/h1-9,12H,10-11H2,(H,23,24)/b16-12-. The minimum atomic E-state index is -0.953. The van der Waals surface area contributed by atoms with Gasteiger partial charge in [0.05, 0.1) is 6.42 Å². The van der Waals surface area contributed by atoms with Gasteiger partial charge in [0.25, 0.3) is 5.91 Å². The summed E-state index contributed by atoms with van der Waals surface area (Å²) in [6.45, 7) is 0.0829. The number of amides is 1. The van der Waals surface area contributed by atoms with Gasteiger partial charge in [0.2, 0.25) is 0 Å². The van der Waals surface area contributed by atoms with E-state index in [4.69, 9.17) is 5.11 Å². The summed E-state index contributed by atoms with van der Waals surface area (Å²) in [4.78, 5) is 29.5. The quantitative estimate of drug-likeness (QED) is 0.782. The second-order valence-corrected chi connectivity index (χ2v) is 6.40. The molecule has 0 radical (unpaired) electrons. The average Bonchev–Trinajstić information content (AvgIpc) is 2.92. The monoisotopic (exact) mass is 398 g/mol. The molecule has 2 aromatic carbocycles. The van der Waals surface area contributed by atoms with Crippen LogP contribution in [0.5, 0.6) is 0 Å². The highest BCUT2D eigenvalue weighted by Crippen LogP contribution is 2.23. The maximum atomic E-state index is 12.7. The lowest BCUT2D eigenvalue weighted by molar-refractivity contribution is -0.137. The molecule has 0 bridgehead atoms. The largest absolute Gasteiger partial charge is 0.481 e. The van der Waals surface area contributed by atoms with Gasteiger partial charge in [-0.25, -0.2) is 4.99 Å². The van der Waals surface area contributed by atoms with Crippen molar-refractivity contribution in [3.63, 3.8) is 0 Å². The molecule has 126 valence electrons. The Morgan fingerprint density at radius 1 is 1.12 bits per heavy atom. The van der Waals surface area contributed by atoms with Crippen molar-refractivity contribution in [1.82, 2.24) is 4.90 Å². The molecule has 25 heavy (non-hydrogen) atoms. The summed E-state index contributed by atoms with van der Waals surface area (Å²) in [6.07, 6.45) is 1.57. The lowest BCUT2D eigenvalue weighted by atomic mass is 10.2. The molecule has 0 spiro atoms. The first-order chi connectivity index (χ1) is 12.0. The summed E-state index contributed by atoms with van der Waals surface area (Å²) in [5.74, 6) is -0.760. The van der Waals surface area contributed by atoms with Crippen LogP contribution in [-0.4, -0.2) is 34.3 Å². The minimum absolute atomic E-state index is 0.0829. The van der Waals surface area contributed by atoms with Crippen molar-refractivity contribution in [3.8, 4) is 0 Å². The third-order valence-corrected chi connectivity index (χ3v) is 4.23. The first-order valence-electron chi connectivity index (χ1n) is 7.69. The molecule has 0 unspecified atom stereocenters. The fourth-order valence-electron chi connectivity index (χ4n) is 2.49. The van der Waals surface area contributed by atoms with Gasteiger partial charge >= 0.3 is 5.97 Å². The second kappa shape index (κ2) is 7.44. The summed E-state index contributed by atoms with van der Waals surface area (Å²) in [7, 11) is 0. The van der Waals surface area contributed by atoms with Gasteiger partial charge in [-0.05, 0) is 23.8 Å². The maximum absolute atomic E-state index is 12.7. The van der Waals surface area contributed by atoms with Gasteiger partial charge in [-0.1, -0.05) is 58.4 Å². The van der Waals surface area contributed by atoms with Crippen molar-refractivity contribution in [2.24, 2.45) is 4.99 Å². The predicted molar refractivity (Wildman–Crippen MR) is 99.1 cm³/mol. The molecule has 0 fully saturated rings. The van der Waals surface area contributed by atoms with E-state index in [1.54, 1.807) is 6.08 Å². The van der Waals surface area contributed by atoms with Gasteiger partial charge in [-0.2, -0.15) is 0 Å². The van der Waals surface area contributed by atoms with Crippen LogP contribution in [0.4, 0.5) is 0 Å². The molecular weight excluding hydrogens is 384 g/mol. The molecule has 2 aromatic rings. The third-order valence-electron chi connectivity index (χ3n) is 3.70. The Hall–Kier alpha value is -2.73. The van der Waals surface area contributed by atoms with Crippen LogP contribution >= 0.6 is 15.9 Å². The number of amidine groups is 1. The fraction of sp³-hybridized carbons (Fsp3) is 0.105. The molecular formula is C19H15BrN2O3. The Kier molecular flexibility index (Phi) is 5.09. The third kappa shape index (κ3) is 4.03. The first kappa shape index (κ1) is 17.1. The lowest BCUT2D eigenvalue weighted by Gasteiger charge is -2.17. The van der Waals surface area contributed by atoms with E-state index < -0.39 is 5.97 Å². The number of carbonyl (C=O) groups is 2. The molecule has 3 rings (SSSR count). The number of rotatable bonds is 5. The topological polar surface area (TPSA) is 70.0 Å². The van der Waals surface area contributed by atoms with Crippen molar-refractivity contribution in [1.29, 1.82) is 0 Å². The van der Waals surface area contributed by atoms with Gasteiger partial charge in [-0.3, -0.25) is 14.5 Å². The van der Waals surface area contributed by atoms with Crippen LogP contribution in [0.15, 0.2) is 69.8 Å². The van der Waals surface area contributed by atoms with Crippen molar-refractivity contribution >= 4 is 39.7 Å². The van der Waals surface area contributed by atoms with Crippen molar-refractivity contribution in [2.75, 3.05) is 6.54 Å². The van der Waals surface area contributed by atoms with E-state index >= 15 is 0 Å². The Morgan fingerprint density at radius 3 is 2.44 bits per heavy atom. The van der Waals surface area contributed by atoms with Crippen molar-refractivity contribution in [3.05, 3.63) is 75.9 Å². The molecule has 1 amide bonds. The molecule has 0 aromatic heterocycles. The van der Waals surface area contributed by atoms with Crippen LogP contribution in [0.1, 0.15) is 17.5 Å². The average molecular weight is 399 g/mol. The van der Waals surface area contributed by atoms with Crippen LogP contribution in [0.25, 0.3) is 6.08 Å². The van der Waals surface area contributed by atoms with E-state index in [9.17, 15) is 9.59 Å². The normalized spacial score (nSPS) is 15.6. The molecule has 0 saturated carbocycles. The zero-order chi connectivity index (χ0) is 17.8. The number of carbonyl (C=O) groups excluding carboxylic acids is 1. The van der Waals surface area contributed by atoms with Crippen LogP contribution < -0.4 is 0 Å². The summed E-state index contributed by atoms with van der Waals surface area (Å²) in [5.41, 5.74) is 1.93. The Bertz CT molecular complexity index is 858. The molecule has 5 nitrogen and oxygen atoms in total. The number of carboxylic acid groups (broad SMARTS) is 1. The summed E-state index contributed by atoms with van der Waals surface area (Å²) in [5, 5.41) is 8.95. The van der Waals surface area contributed by atoms with Gasteiger partial charge in [0.15, 0.2) is 0 Å². The Labute approximate surface area is 153 Å². The fourth-order valence-corrected chi connectivity index (χ4v) is 2.75. The number of hydrogen-bond donors (Lipinski definition) is 1. The van der Waals surface area contributed by atoms with Crippen LogP contribution in [0.2, 0.25) is 0 Å². The van der Waals surface area contributed by atoms with E-state index in [0.29, 0.717) is 11.5 Å². The molecule has 0 saturated heterocycles. The first-order valence-corrected chi connectivity index (χ1v) is 8.49. The Balaban J connectivity index is 1.97. The minimum Gasteiger partial charge on any atom is -0.481 e. The highest BCUT2D eigenvalue weighted by Gasteiger charge is 2.31. The van der Waals surface area contributed by atoms with Gasteiger partial charge < -0.3 is 5.11 Å². The smallest absolute Gasteiger partial charge is 0.305 e. The van der Waals surface area contributed by atoms with Crippen LogP contribution in [0.3, 0.4) is 0 Å². The van der Waals surface area contributed by atoms with Gasteiger partial charge in [0.1, 0.15) is 11.5 Å². The van der Waals surface area contributed by atoms with Crippen molar-refractivity contribution < 1.29 is 14.7 Å². The molecule has 0 atom stereocenters. The van der Waals surface area contributed by atoms with Crippen LogP contribution in [0, 0.1) is 0 Å². The number of aliphatic carboxylic acids is 1. The Morgan fingerprint density at radius 2 is 1.80 bits per heavy atom. The lowest BCUT2D eigenvalue weighted by Crippen LogP contribution is -2.34. The highest BCUT2D eigenvalue weighted by atomic mass is 79.9. The molecule has 1 aliphatic rings. The summed E-state index contributed by atoms with van der Waals surface area (Å²) >= 11 is 3.37. The molecule has 6 heteroatoms. The highest BCUT2D eigenvalue weighted by molar-refractivity contribution is 9.10. The van der Waals surface area contributed by atoms with E-state index in [2.05, 4.69) is 20.9 Å². The SMILES string of the molecule is O=C(O)CCN1C(=O)/C(=C/c2ccc(Br)cc2)N=C1c1ccccc1. The van der Waals surface area contributed by atoms with Gasteiger partial charge in [-0.15, -0.1) is 0 Å². The van der Waals surface area contributed by atoms with Crippen molar-refractivity contribution in [2.45, 2.75) is 6.42 Å². The van der Waals surface area contributed by atoms with E-state index in [1.165, 1.54) is 4.90 Å². The molecule has 1 N–H and O–H groups in total. The second-order valence-electron chi connectivity index (χ2n) is 5.48. The van der Waals surface area contributed by atoms with Crippen LogP contribution in [-0.2, 0) is 9.59 Å². The van der Waals surface area contributed by atoms with E-state index in [-0.39, 0.29) is 18.9 Å². The number of aliphatic imine (C=N–C) groups is 1. The number of nitrogens with zero attached hydrogens (tertiary/aromatic N) is 2. The molecule has 1 aliphatic heterocycles. The number of carboxylic acids is 1. The number of hydrogen-bond acceptors (Lipinski definition) is 3. The summed E-state index contributed by atoms with van der Waals surface area (Å²) in [6, 6.07) is 16.8. The number of halogens is 1. The zero-order valence-electron chi connectivity index (χ0n) is 13.2. The van der Waals surface area contributed by atoms with E-state index in [1.807, 2.05) is 54.6 Å². The number of benzene rings is 2. The molecule has 1 heterocycles.